The Morgan fingerprint density at radius 1 is 1.22 bits per heavy atom. The van der Waals surface area contributed by atoms with Gasteiger partial charge in [-0.05, 0) is 31.2 Å². The summed E-state index contributed by atoms with van der Waals surface area (Å²) in [5, 5.41) is 10.0. The van der Waals surface area contributed by atoms with Crippen LogP contribution in [0.15, 0.2) is 17.5 Å². The summed E-state index contributed by atoms with van der Waals surface area (Å²) in [5.41, 5.74) is 0. The number of amides is 4. The van der Waals surface area contributed by atoms with Gasteiger partial charge in [-0.15, -0.1) is 11.3 Å². The zero-order chi connectivity index (χ0) is 19.2. The topological polar surface area (TPSA) is 93.8 Å². The molecule has 0 aromatic carbocycles. The SMILES string of the molecule is CC(C(=O)NC1CC1)N1CCN(CC(=O)NC(=O)NCc2cccs2)CC1. The third-order valence-electron chi connectivity index (χ3n) is 4.88. The van der Waals surface area contributed by atoms with E-state index in [1.54, 1.807) is 11.3 Å². The number of carbonyl (C=O) groups is 3. The van der Waals surface area contributed by atoms with Crippen LogP contribution >= 0.6 is 11.3 Å². The van der Waals surface area contributed by atoms with Gasteiger partial charge in [0.25, 0.3) is 0 Å². The van der Waals surface area contributed by atoms with Crippen LogP contribution in [0.25, 0.3) is 0 Å². The molecule has 1 aliphatic heterocycles. The molecule has 1 saturated heterocycles. The van der Waals surface area contributed by atoms with E-state index < -0.39 is 6.03 Å². The molecule has 0 radical (unpaired) electrons. The number of carbonyl (C=O) groups excluding carboxylic acids is 3. The highest BCUT2D eigenvalue weighted by atomic mass is 32.1. The zero-order valence-corrected chi connectivity index (χ0v) is 16.4. The molecule has 0 bridgehead atoms. The first-order valence-electron chi connectivity index (χ1n) is 9.38. The van der Waals surface area contributed by atoms with Gasteiger partial charge in [-0.25, -0.2) is 4.79 Å². The third kappa shape index (κ3) is 6.30. The van der Waals surface area contributed by atoms with E-state index >= 15 is 0 Å². The highest BCUT2D eigenvalue weighted by molar-refractivity contribution is 7.09. The van der Waals surface area contributed by atoms with Gasteiger partial charge in [0.15, 0.2) is 0 Å². The largest absolute Gasteiger partial charge is 0.352 e. The van der Waals surface area contributed by atoms with E-state index in [-0.39, 0.29) is 24.4 Å². The van der Waals surface area contributed by atoms with Gasteiger partial charge in [0, 0.05) is 37.1 Å². The Kier molecular flexibility index (Phi) is 6.81. The number of piperazine rings is 1. The van der Waals surface area contributed by atoms with Crippen LogP contribution in [0.5, 0.6) is 0 Å². The highest BCUT2D eigenvalue weighted by Crippen LogP contribution is 2.19. The monoisotopic (exact) mass is 393 g/mol. The van der Waals surface area contributed by atoms with E-state index in [0.29, 0.717) is 25.7 Å². The molecule has 2 aliphatic rings. The summed E-state index contributed by atoms with van der Waals surface area (Å²) in [4.78, 5) is 41.2. The number of thiophene rings is 1. The number of hydrogen-bond donors (Lipinski definition) is 3. The maximum atomic E-state index is 12.1. The van der Waals surface area contributed by atoms with Gasteiger partial charge in [-0.1, -0.05) is 6.07 Å². The van der Waals surface area contributed by atoms with Crippen molar-refractivity contribution in [2.45, 2.75) is 38.4 Å². The lowest BCUT2D eigenvalue weighted by Crippen LogP contribution is -2.55. The fourth-order valence-electron chi connectivity index (χ4n) is 3.02. The Hall–Kier alpha value is -1.97. The van der Waals surface area contributed by atoms with E-state index in [2.05, 4.69) is 20.9 Å². The summed E-state index contributed by atoms with van der Waals surface area (Å²) in [6.45, 7) is 5.39. The van der Waals surface area contributed by atoms with Crippen LogP contribution in [0.3, 0.4) is 0 Å². The minimum atomic E-state index is -0.475. The standard InChI is InChI=1S/C18H27N5O3S/c1-13(17(25)20-14-4-5-14)23-8-6-22(7-9-23)12-16(24)21-18(26)19-11-15-3-2-10-27-15/h2-3,10,13-14H,4-9,11-12H2,1H3,(H,20,25)(H2,19,21,24,26). The molecule has 1 aromatic heterocycles. The molecule has 1 atom stereocenters. The molecule has 4 amide bonds. The van der Waals surface area contributed by atoms with Crippen molar-refractivity contribution in [2.24, 2.45) is 0 Å². The molecule has 148 valence electrons. The fourth-order valence-corrected chi connectivity index (χ4v) is 3.66. The van der Waals surface area contributed by atoms with Gasteiger partial charge in [0.1, 0.15) is 0 Å². The minimum absolute atomic E-state index is 0.0890. The summed E-state index contributed by atoms with van der Waals surface area (Å²) in [5.74, 6) is -0.224. The van der Waals surface area contributed by atoms with Gasteiger partial charge < -0.3 is 10.6 Å². The molecular weight excluding hydrogens is 366 g/mol. The minimum Gasteiger partial charge on any atom is -0.352 e. The van der Waals surface area contributed by atoms with Gasteiger partial charge in [0.2, 0.25) is 11.8 Å². The molecule has 3 N–H and O–H groups in total. The summed E-state index contributed by atoms with van der Waals surface area (Å²) < 4.78 is 0. The molecule has 27 heavy (non-hydrogen) atoms. The zero-order valence-electron chi connectivity index (χ0n) is 15.6. The lowest BCUT2D eigenvalue weighted by Gasteiger charge is -2.37. The average Bonchev–Trinajstić information content (AvgIpc) is 3.30. The maximum Gasteiger partial charge on any atom is 0.321 e. The maximum absolute atomic E-state index is 12.1. The van der Waals surface area contributed by atoms with Crippen molar-refractivity contribution >= 4 is 29.2 Å². The number of hydrogen-bond acceptors (Lipinski definition) is 6. The van der Waals surface area contributed by atoms with E-state index in [0.717, 1.165) is 30.8 Å². The second kappa shape index (κ2) is 9.29. The first-order valence-corrected chi connectivity index (χ1v) is 10.3. The van der Waals surface area contributed by atoms with Crippen LogP contribution in [0.2, 0.25) is 0 Å². The van der Waals surface area contributed by atoms with Gasteiger partial charge in [-0.2, -0.15) is 0 Å². The van der Waals surface area contributed by atoms with Gasteiger partial charge >= 0.3 is 6.03 Å². The number of imide groups is 1. The van der Waals surface area contributed by atoms with Crippen molar-refractivity contribution in [1.29, 1.82) is 0 Å². The lowest BCUT2D eigenvalue weighted by atomic mass is 10.2. The van der Waals surface area contributed by atoms with Crippen LogP contribution in [-0.2, 0) is 16.1 Å². The second-order valence-electron chi connectivity index (χ2n) is 7.08. The molecule has 2 heterocycles. The quantitative estimate of drug-likeness (QED) is 0.622. The third-order valence-corrected chi connectivity index (χ3v) is 5.76. The van der Waals surface area contributed by atoms with E-state index in [1.807, 2.05) is 29.3 Å². The molecule has 1 unspecified atom stereocenters. The Balaban J connectivity index is 1.32. The first-order chi connectivity index (χ1) is 13.0. The smallest absolute Gasteiger partial charge is 0.321 e. The molecule has 1 saturated carbocycles. The van der Waals surface area contributed by atoms with Crippen LogP contribution < -0.4 is 16.0 Å². The van der Waals surface area contributed by atoms with Crippen molar-refractivity contribution in [1.82, 2.24) is 25.8 Å². The summed E-state index contributed by atoms with van der Waals surface area (Å²) in [6.07, 6.45) is 2.17. The van der Waals surface area contributed by atoms with E-state index in [1.165, 1.54) is 0 Å². The molecule has 1 aliphatic carbocycles. The Morgan fingerprint density at radius 3 is 2.59 bits per heavy atom. The number of urea groups is 1. The predicted molar refractivity (Wildman–Crippen MR) is 103 cm³/mol. The van der Waals surface area contributed by atoms with Crippen LogP contribution in [0.4, 0.5) is 4.79 Å². The fraction of sp³-hybridized carbons (Fsp3) is 0.611. The van der Waals surface area contributed by atoms with E-state index in [9.17, 15) is 14.4 Å². The molecule has 0 spiro atoms. The molecule has 9 heteroatoms. The van der Waals surface area contributed by atoms with Gasteiger partial charge in [0.05, 0.1) is 19.1 Å². The van der Waals surface area contributed by atoms with Crippen molar-refractivity contribution in [3.05, 3.63) is 22.4 Å². The molecule has 3 rings (SSSR count). The highest BCUT2D eigenvalue weighted by Gasteiger charge is 2.30. The number of nitrogens with zero attached hydrogens (tertiary/aromatic N) is 2. The predicted octanol–water partition coefficient (Wildman–Crippen LogP) is 0.359. The van der Waals surface area contributed by atoms with E-state index in [4.69, 9.17) is 0 Å². The lowest BCUT2D eigenvalue weighted by molar-refractivity contribution is -0.127. The summed E-state index contributed by atoms with van der Waals surface area (Å²) in [7, 11) is 0. The van der Waals surface area contributed by atoms with Gasteiger partial charge in [-0.3, -0.25) is 24.7 Å². The van der Waals surface area contributed by atoms with Crippen molar-refractivity contribution < 1.29 is 14.4 Å². The Bertz CT molecular complexity index is 654. The Morgan fingerprint density at radius 2 is 1.96 bits per heavy atom. The summed E-state index contributed by atoms with van der Waals surface area (Å²) >= 11 is 1.55. The second-order valence-corrected chi connectivity index (χ2v) is 8.11. The van der Waals surface area contributed by atoms with Crippen LogP contribution in [-0.4, -0.2) is 72.5 Å². The average molecular weight is 394 g/mol. The van der Waals surface area contributed by atoms with Crippen molar-refractivity contribution in [2.75, 3.05) is 32.7 Å². The molecule has 1 aromatic rings. The summed E-state index contributed by atoms with van der Waals surface area (Å²) in [6, 6.07) is 3.59. The molecule has 2 fully saturated rings. The van der Waals surface area contributed by atoms with Crippen molar-refractivity contribution in [3.63, 3.8) is 0 Å². The first kappa shape index (κ1) is 19.8. The molecular formula is C18H27N5O3S. The van der Waals surface area contributed by atoms with Crippen LogP contribution in [0, 0.1) is 0 Å². The molecule has 8 nitrogen and oxygen atoms in total. The van der Waals surface area contributed by atoms with Crippen LogP contribution in [0.1, 0.15) is 24.6 Å². The number of nitrogens with one attached hydrogen (secondary N) is 3. The van der Waals surface area contributed by atoms with Crippen molar-refractivity contribution in [3.8, 4) is 0 Å². The number of rotatable bonds is 7. The normalized spacial score (nSPS) is 19.3. The Labute approximate surface area is 163 Å².